The van der Waals surface area contributed by atoms with Gasteiger partial charge in [-0.25, -0.2) is 10.2 Å². The van der Waals surface area contributed by atoms with Crippen molar-refractivity contribution in [1.82, 2.24) is 41.4 Å². The van der Waals surface area contributed by atoms with Crippen LogP contribution in [0.3, 0.4) is 0 Å². The van der Waals surface area contributed by atoms with Gasteiger partial charge in [0.2, 0.25) is 41.4 Å². The Bertz CT molecular complexity index is 3140. The molecule has 0 radical (unpaired) electrons. The predicted molar refractivity (Wildman–Crippen MR) is 318 cm³/mol. The van der Waals surface area contributed by atoms with E-state index < -0.39 is 183 Å². The van der Waals surface area contributed by atoms with Crippen LogP contribution in [0, 0.1) is 5.92 Å². The number of carbonyl (C=O) groups is 8. The zero-order chi connectivity index (χ0) is 65.5. The van der Waals surface area contributed by atoms with Crippen LogP contribution >= 0.6 is 23.7 Å². The monoisotopic (exact) mass is 1300 g/mol. The number of hydrogen-bond acceptors (Lipinski definition) is 24. The number of primary amides is 1. The van der Waals surface area contributed by atoms with E-state index in [9.17, 15) is 79.2 Å². The van der Waals surface area contributed by atoms with Gasteiger partial charge in [-0.15, -0.1) is 11.3 Å². The number of phenolic OH excluding ortho intramolecular Hbond substituents is 1. The quantitative estimate of drug-likeness (QED) is 0.0198. The number of aromatic hydroxyl groups is 1. The minimum atomic E-state index is -2.53. The van der Waals surface area contributed by atoms with Gasteiger partial charge < -0.3 is 91.9 Å². The molecule has 0 saturated carbocycles. The van der Waals surface area contributed by atoms with Gasteiger partial charge in [-0.05, 0) is 73.0 Å². The normalized spacial score (nSPS) is 25.3. The van der Waals surface area contributed by atoms with Crippen molar-refractivity contribution in [2.24, 2.45) is 11.7 Å². The molecule has 3 aromatic carbocycles. The number of thiazole rings is 1. The highest BCUT2D eigenvalue weighted by molar-refractivity contribution is 7.90. The van der Waals surface area contributed by atoms with Crippen LogP contribution in [0.15, 0.2) is 72.9 Å². The molecule has 0 spiro atoms. The fourth-order valence-electron chi connectivity index (χ4n) is 10.6. The third-order valence-electron chi connectivity index (χ3n) is 15.5. The van der Waals surface area contributed by atoms with Crippen LogP contribution in [0.4, 0.5) is 0 Å². The van der Waals surface area contributed by atoms with Gasteiger partial charge in [0.1, 0.15) is 59.2 Å². The minimum Gasteiger partial charge on any atom is -0.504 e. The maximum atomic E-state index is 14.7. The molecule has 14 atom stereocenters. The van der Waals surface area contributed by atoms with E-state index in [0.717, 1.165) is 75.4 Å². The summed E-state index contributed by atoms with van der Waals surface area (Å²) in [6, 6.07) is 4.48. The number of β-amino-alcohol motifs (C(OH)–C–C–N with tert-alkyl or cyclic N) is 1. The topological polar surface area (TPSA) is 461 Å². The number of aromatic nitrogens is 1. The summed E-state index contributed by atoms with van der Waals surface area (Å²) in [7, 11) is 0. The summed E-state index contributed by atoms with van der Waals surface area (Å²) in [5, 5.41) is 115. The standard InChI is InChI=1S/C58H75N9O21S2/c1-4-5-6-7-8-19-85-36-16-13-32(14-17-36)56-61-25-42(89-56)30-9-11-31(12-10-30)51(77)62-37-21-34(69)24-60-55(81)47-48(74)28(2)26-67(47)58(83)45(40(72)23-43(59)73)64-54(80)46(50(76)49(75)33-15-18-39(71)41(20-33)86-90-88-87-84)65-53(79)38-22-35(70)27-66(38)57(82)44(29(3)68)63-52(37)78/h9-18,20,25,28-29,34-35,37-38,40,44-50,68-72,74-76,84H,4-8,19,21-24,26-27H2,1-3H3,(H2,59,73)(H,60,81)(H,62,77)(H,63,78)(H,64,80)(H,65,79). The van der Waals surface area contributed by atoms with Gasteiger partial charge in [0.05, 0.1) is 48.4 Å². The van der Waals surface area contributed by atoms with Crippen LogP contribution in [0.25, 0.3) is 21.0 Å². The number of phenols is 1. The fourth-order valence-corrected chi connectivity index (χ4v) is 11.8. The Morgan fingerprint density at radius 3 is 2.14 bits per heavy atom. The fraction of sp³-hybridized carbons (Fsp3) is 0.500. The van der Waals surface area contributed by atoms with Crippen molar-refractivity contribution in [2.45, 2.75) is 151 Å². The van der Waals surface area contributed by atoms with E-state index in [1.54, 1.807) is 18.3 Å². The molecule has 90 heavy (non-hydrogen) atoms. The van der Waals surface area contributed by atoms with Crippen LogP contribution in [-0.2, 0) is 42.9 Å². The zero-order valence-electron chi connectivity index (χ0n) is 49.2. The first-order chi connectivity index (χ1) is 42.9. The second-order valence-electron chi connectivity index (χ2n) is 22.2. The minimum absolute atomic E-state index is 0.0172. The molecule has 3 aliphatic rings. The number of rotatable bonds is 22. The molecule has 30 nitrogen and oxygen atoms in total. The van der Waals surface area contributed by atoms with Crippen molar-refractivity contribution < 1.29 is 103 Å². The summed E-state index contributed by atoms with van der Waals surface area (Å²) < 4.78 is 15.1. The number of aliphatic hydroxyl groups excluding tert-OH is 7. The van der Waals surface area contributed by atoms with Crippen LogP contribution in [0.1, 0.15) is 94.2 Å². The van der Waals surface area contributed by atoms with Crippen LogP contribution in [0.5, 0.6) is 17.2 Å². The molecule has 4 heterocycles. The lowest BCUT2D eigenvalue weighted by Gasteiger charge is -2.34. The summed E-state index contributed by atoms with van der Waals surface area (Å²) in [6.07, 6.45) is -8.83. The molecule has 490 valence electrons. The summed E-state index contributed by atoms with van der Waals surface area (Å²) in [5.74, 6) is -11.1. The second-order valence-corrected chi connectivity index (χ2v) is 23.7. The van der Waals surface area contributed by atoms with Crippen molar-refractivity contribution in [3.05, 3.63) is 84.1 Å². The van der Waals surface area contributed by atoms with E-state index in [0.29, 0.717) is 12.2 Å². The van der Waals surface area contributed by atoms with Crippen molar-refractivity contribution in [3.8, 4) is 38.3 Å². The summed E-state index contributed by atoms with van der Waals surface area (Å²) in [6.45, 7) is 3.49. The number of nitrogens with two attached hydrogens (primary N) is 1. The third-order valence-corrected chi connectivity index (χ3v) is 17.0. The SMILES string of the molecule is CCCCCCCOc1ccc(-c2ncc(-c3ccc(C(=O)NC4CC(O)CNC(=O)C5C(O)C(C)CN5C(=O)C(C(O)CC(N)=O)NC(=O)C(C(O)C(O)c5ccc(O)c(OSOOO)c5)NC(=O)C5CC(O)CN5C(=O)C(C(C)O)NC4=O)cc3)s2)cc1. The van der Waals surface area contributed by atoms with E-state index in [1.807, 2.05) is 24.3 Å². The molecule has 0 bridgehead atoms. The van der Waals surface area contributed by atoms with E-state index in [1.165, 1.54) is 43.2 Å². The molecule has 3 saturated heterocycles. The molecule has 4 aromatic rings. The Hall–Kier alpha value is -7.60. The molecule has 3 aliphatic heterocycles. The Balaban J connectivity index is 1.18. The van der Waals surface area contributed by atoms with Crippen molar-refractivity contribution in [1.29, 1.82) is 0 Å². The third kappa shape index (κ3) is 17.9. The first kappa shape index (κ1) is 69.9. The van der Waals surface area contributed by atoms with Gasteiger partial charge in [0.25, 0.3) is 18.2 Å². The number of nitrogens with one attached hydrogen (secondary N) is 5. The van der Waals surface area contributed by atoms with E-state index in [-0.39, 0.29) is 23.5 Å². The molecule has 32 heteroatoms. The number of hydrogen-bond donors (Lipinski definition) is 15. The number of ether oxygens (including phenoxy) is 1. The van der Waals surface area contributed by atoms with Gasteiger partial charge in [-0.3, -0.25) is 38.4 Å². The smallest absolute Gasteiger partial charge is 0.261 e. The van der Waals surface area contributed by atoms with Gasteiger partial charge in [0, 0.05) is 55.7 Å². The Morgan fingerprint density at radius 1 is 0.800 bits per heavy atom. The van der Waals surface area contributed by atoms with Gasteiger partial charge in [-0.2, -0.15) is 0 Å². The number of unbranched alkanes of at least 4 members (excludes halogenated alkanes) is 4. The predicted octanol–water partition coefficient (Wildman–Crippen LogP) is -0.790. The van der Waals surface area contributed by atoms with Crippen LogP contribution < -0.4 is 41.2 Å². The van der Waals surface area contributed by atoms with Gasteiger partial charge in [-0.1, -0.05) is 67.1 Å². The molecule has 7 rings (SSSR count). The number of amides is 8. The largest absolute Gasteiger partial charge is 0.504 e. The number of aliphatic hydroxyl groups is 7. The van der Waals surface area contributed by atoms with Crippen molar-refractivity contribution in [2.75, 3.05) is 26.2 Å². The second kappa shape index (κ2) is 32.4. The molecule has 16 N–H and O–H groups in total. The zero-order valence-corrected chi connectivity index (χ0v) is 50.8. The number of benzene rings is 3. The lowest BCUT2D eigenvalue weighted by Crippen LogP contribution is -2.64. The summed E-state index contributed by atoms with van der Waals surface area (Å²) in [5.41, 5.74) is 6.60. The molecule has 0 aliphatic carbocycles. The van der Waals surface area contributed by atoms with E-state index in [2.05, 4.69) is 47.9 Å². The highest BCUT2D eigenvalue weighted by Crippen LogP contribution is 2.36. The molecule has 8 amide bonds. The van der Waals surface area contributed by atoms with Gasteiger partial charge in [0.15, 0.2) is 11.5 Å². The van der Waals surface area contributed by atoms with Crippen molar-refractivity contribution in [3.63, 3.8) is 0 Å². The molecule has 3 fully saturated rings. The van der Waals surface area contributed by atoms with Crippen molar-refractivity contribution >= 4 is 70.9 Å². The first-order valence-corrected chi connectivity index (χ1v) is 30.5. The van der Waals surface area contributed by atoms with Gasteiger partial charge >= 0.3 is 0 Å². The lowest BCUT2D eigenvalue weighted by molar-refractivity contribution is -0.433. The summed E-state index contributed by atoms with van der Waals surface area (Å²) >= 11 is 1.37. The average molecular weight is 1300 g/mol. The highest BCUT2D eigenvalue weighted by atomic mass is 32.2. The highest BCUT2D eigenvalue weighted by Gasteiger charge is 2.50. The molecular formula is C58H75N9O21S2. The van der Waals surface area contributed by atoms with Crippen LogP contribution in [-0.4, -0.2) is 207 Å². The van der Waals surface area contributed by atoms with E-state index >= 15 is 0 Å². The number of carbonyl (C=O) groups excluding carboxylic acids is 8. The lowest BCUT2D eigenvalue weighted by atomic mass is 9.96. The Kier molecular flexibility index (Phi) is 25.2. The molecule has 1 aromatic heterocycles. The Morgan fingerprint density at radius 2 is 1.47 bits per heavy atom. The number of nitrogens with zero attached hydrogens (tertiary/aromatic N) is 3. The first-order valence-electron chi connectivity index (χ1n) is 29.0. The van der Waals surface area contributed by atoms with Crippen LogP contribution in [0.2, 0.25) is 0 Å². The Labute approximate surface area is 524 Å². The molecular weight excluding hydrogens is 1220 g/mol. The summed E-state index contributed by atoms with van der Waals surface area (Å²) in [4.78, 5) is 120. The van der Waals surface area contributed by atoms with E-state index in [4.69, 9.17) is 19.9 Å². The average Bonchev–Trinajstić information content (AvgIpc) is 1.69. The maximum absolute atomic E-state index is 14.7. The molecule has 14 unspecified atom stereocenters. The number of fused-ring (bicyclic) bond motifs is 2. The maximum Gasteiger partial charge on any atom is 0.261 e.